The Morgan fingerprint density at radius 1 is 1.41 bits per heavy atom. The smallest absolute Gasteiger partial charge is 0.293 e. The largest absolute Gasteiger partial charge is 0.384 e. The van der Waals surface area contributed by atoms with E-state index in [2.05, 4.69) is 33.4 Å². The van der Waals surface area contributed by atoms with Crippen molar-refractivity contribution in [3.8, 4) is 0 Å². The number of hydrogen-bond donors (Lipinski definition) is 1. The van der Waals surface area contributed by atoms with Gasteiger partial charge < -0.3 is 19.5 Å². The molecule has 1 aromatic carbocycles. The summed E-state index contributed by atoms with van der Waals surface area (Å²) < 4.78 is 7.52. The summed E-state index contributed by atoms with van der Waals surface area (Å²) in [5, 5.41) is 3.52. The van der Waals surface area contributed by atoms with E-state index in [1.54, 1.807) is 24.0 Å². The van der Waals surface area contributed by atoms with Gasteiger partial charge in [-0.1, -0.05) is 18.2 Å². The van der Waals surface area contributed by atoms with E-state index in [1.165, 1.54) is 16.8 Å². The van der Waals surface area contributed by atoms with Crippen LogP contribution < -0.4 is 15.8 Å². The second-order valence-electron chi connectivity index (χ2n) is 7.40. The maximum atomic E-state index is 12.3. The number of para-hydroxylation sites is 1. The molecule has 0 bridgehead atoms. The van der Waals surface area contributed by atoms with Crippen LogP contribution in [0.3, 0.4) is 0 Å². The average Bonchev–Trinajstić information content (AvgIpc) is 3.14. The van der Waals surface area contributed by atoms with Gasteiger partial charge in [0, 0.05) is 64.9 Å². The number of nitrogens with one attached hydrogen (secondary N) is 1. The van der Waals surface area contributed by atoms with Gasteiger partial charge in [-0.05, 0) is 17.5 Å². The predicted molar refractivity (Wildman–Crippen MR) is 106 cm³/mol. The maximum absolute atomic E-state index is 12.3. The van der Waals surface area contributed by atoms with Gasteiger partial charge in [0.25, 0.3) is 5.56 Å². The molecule has 144 valence electrons. The number of aryl methyl sites for hydroxylation is 1. The summed E-state index contributed by atoms with van der Waals surface area (Å²) >= 11 is 0. The van der Waals surface area contributed by atoms with Gasteiger partial charge in [0.15, 0.2) is 5.82 Å². The first-order valence-electron chi connectivity index (χ1n) is 9.53. The van der Waals surface area contributed by atoms with Crippen molar-refractivity contribution >= 4 is 11.5 Å². The lowest BCUT2D eigenvalue weighted by molar-refractivity contribution is -0.0264. The first-order chi connectivity index (χ1) is 13.1. The van der Waals surface area contributed by atoms with Crippen LogP contribution in [-0.2, 0) is 24.8 Å². The molecule has 1 fully saturated rings. The number of ether oxygens (including phenoxy) is 1. The highest BCUT2D eigenvalue weighted by Crippen LogP contribution is 2.27. The molecule has 3 heterocycles. The third kappa shape index (κ3) is 3.84. The van der Waals surface area contributed by atoms with E-state index in [9.17, 15) is 4.79 Å². The lowest BCUT2D eigenvalue weighted by Crippen LogP contribution is -2.47. The molecule has 0 saturated carbocycles. The second-order valence-corrected chi connectivity index (χ2v) is 7.40. The zero-order valence-electron chi connectivity index (χ0n) is 16.0. The summed E-state index contributed by atoms with van der Waals surface area (Å²) in [7, 11) is 3.65. The van der Waals surface area contributed by atoms with Crippen LogP contribution in [0.25, 0.3) is 0 Å². The van der Waals surface area contributed by atoms with Gasteiger partial charge in [-0.25, -0.2) is 4.98 Å². The molecule has 4 rings (SSSR count). The van der Waals surface area contributed by atoms with Crippen molar-refractivity contribution in [1.29, 1.82) is 0 Å². The molecule has 2 aliphatic heterocycles. The van der Waals surface area contributed by atoms with Crippen molar-refractivity contribution in [1.82, 2.24) is 14.5 Å². The van der Waals surface area contributed by atoms with Crippen LogP contribution in [0.2, 0.25) is 0 Å². The molecule has 0 spiro atoms. The highest BCUT2D eigenvalue weighted by molar-refractivity contribution is 5.61. The quantitative estimate of drug-likeness (QED) is 0.851. The number of likely N-dealkylation sites (N-methyl/N-ethyl adjacent to an activating group) is 1. The van der Waals surface area contributed by atoms with Gasteiger partial charge in [-0.3, -0.25) is 9.69 Å². The lowest BCUT2D eigenvalue weighted by Gasteiger charge is -2.35. The molecule has 0 radical (unpaired) electrons. The number of fused-ring (bicyclic) bond motifs is 1. The second kappa shape index (κ2) is 7.70. The molecule has 0 amide bonds. The normalized spacial score (nSPS) is 19.6. The lowest BCUT2D eigenvalue weighted by atomic mass is 10.1. The molecular weight excluding hydrogens is 342 g/mol. The fourth-order valence-electron chi connectivity index (χ4n) is 3.96. The van der Waals surface area contributed by atoms with Gasteiger partial charge in [-0.15, -0.1) is 0 Å². The fourth-order valence-corrected chi connectivity index (χ4v) is 3.96. The van der Waals surface area contributed by atoms with Crippen LogP contribution >= 0.6 is 0 Å². The molecule has 1 atom stereocenters. The van der Waals surface area contributed by atoms with E-state index in [1.807, 2.05) is 11.9 Å². The van der Waals surface area contributed by atoms with Crippen LogP contribution in [0.15, 0.2) is 35.4 Å². The molecule has 1 saturated heterocycles. The van der Waals surface area contributed by atoms with E-state index >= 15 is 0 Å². The average molecular weight is 369 g/mol. The van der Waals surface area contributed by atoms with E-state index in [0.717, 1.165) is 32.6 Å². The van der Waals surface area contributed by atoms with Crippen LogP contribution in [0.1, 0.15) is 11.1 Å². The van der Waals surface area contributed by atoms with Crippen LogP contribution in [0.4, 0.5) is 11.5 Å². The maximum Gasteiger partial charge on any atom is 0.293 e. The minimum Gasteiger partial charge on any atom is -0.384 e. The topological polar surface area (TPSA) is 62.6 Å². The standard InChI is InChI=1S/C20H27N5O2/c1-23-9-8-22-19(20(23)26)24(2)13-17-14-25(10-11-27-17)12-16-5-3-4-15-6-7-21-18(15)16/h3-5,8-9,17,21H,6-7,10-14H2,1-2H3. The van der Waals surface area contributed by atoms with Gasteiger partial charge in [0.05, 0.1) is 12.7 Å². The summed E-state index contributed by atoms with van der Waals surface area (Å²) in [5.74, 6) is 0.464. The highest BCUT2D eigenvalue weighted by atomic mass is 16.5. The Morgan fingerprint density at radius 3 is 3.19 bits per heavy atom. The van der Waals surface area contributed by atoms with Crippen LogP contribution in [0, 0.1) is 0 Å². The number of rotatable bonds is 5. The number of benzene rings is 1. The van der Waals surface area contributed by atoms with Gasteiger partial charge in [0.2, 0.25) is 0 Å². The summed E-state index contributed by atoms with van der Waals surface area (Å²) in [5.41, 5.74) is 4.01. The molecule has 2 aromatic rings. The van der Waals surface area contributed by atoms with Crippen molar-refractivity contribution < 1.29 is 4.74 Å². The first kappa shape index (κ1) is 18.0. The Hall–Kier alpha value is -2.38. The Labute approximate surface area is 159 Å². The number of morpholine rings is 1. The van der Waals surface area contributed by atoms with Crippen LogP contribution in [-0.4, -0.2) is 60.4 Å². The third-order valence-electron chi connectivity index (χ3n) is 5.39. The van der Waals surface area contributed by atoms with Crippen molar-refractivity contribution in [2.24, 2.45) is 7.05 Å². The van der Waals surface area contributed by atoms with Crippen LogP contribution in [0.5, 0.6) is 0 Å². The minimum absolute atomic E-state index is 0.0557. The molecule has 1 aromatic heterocycles. The van der Waals surface area contributed by atoms with Gasteiger partial charge in [0.1, 0.15) is 0 Å². The molecule has 27 heavy (non-hydrogen) atoms. The Bertz CT molecular complexity index is 866. The fraction of sp³-hybridized carbons (Fsp3) is 0.500. The van der Waals surface area contributed by atoms with Crippen molar-refractivity contribution in [3.63, 3.8) is 0 Å². The summed E-state index contributed by atoms with van der Waals surface area (Å²) in [4.78, 5) is 20.9. The molecule has 1 unspecified atom stereocenters. The summed E-state index contributed by atoms with van der Waals surface area (Å²) in [6.45, 7) is 5.08. The van der Waals surface area contributed by atoms with Crippen molar-refractivity contribution in [3.05, 3.63) is 52.1 Å². The number of aromatic nitrogens is 2. The molecule has 1 N–H and O–H groups in total. The minimum atomic E-state index is -0.0846. The molecule has 7 heteroatoms. The molecule has 0 aliphatic carbocycles. The SMILES string of the molecule is CN(CC1CN(Cc2cccc3c2NCC3)CCO1)c1nccn(C)c1=O. The van der Waals surface area contributed by atoms with Gasteiger partial charge in [-0.2, -0.15) is 0 Å². The van der Waals surface area contributed by atoms with E-state index in [-0.39, 0.29) is 11.7 Å². The summed E-state index contributed by atoms with van der Waals surface area (Å²) in [6.07, 6.45) is 4.49. The molecule has 2 aliphatic rings. The van der Waals surface area contributed by atoms with Gasteiger partial charge >= 0.3 is 0 Å². The van der Waals surface area contributed by atoms with E-state index in [4.69, 9.17) is 4.74 Å². The van der Waals surface area contributed by atoms with E-state index < -0.39 is 0 Å². The number of hydrogen-bond acceptors (Lipinski definition) is 6. The third-order valence-corrected chi connectivity index (χ3v) is 5.39. The summed E-state index contributed by atoms with van der Waals surface area (Å²) in [6, 6.07) is 6.58. The molecule has 7 nitrogen and oxygen atoms in total. The van der Waals surface area contributed by atoms with E-state index in [0.29, 0.717) is 19.0 Å². The monoisotopic (exact) mass is 369 g/mol. The zero-order chi connectivity index (χ0) is 18.8. The zero-order valence-corrected chi connectivity index (χ0v) is 16.0. The Kier molecular flexibility index (Phi) is 5.13. The van der Waals surface area contributed by atoms with Crippen molar-refractivity contribution in [2.45, 2.75) is 19.1 Å². The Balaban J connectivity index is 1.41. The Morgan fingerprint density at radius 2 is 2.30 bits per heavy atom. The molecular formula is C20H27N5O2. The number of nitrogens with zero attached hydrogens (tertiary/aromatic N) is 4. The number of anilines is 2. The van der Waals surface area contributed by atoms with Crippen molar-refractivity contribution in [2.75, 3.05) is 50.1 Å². The predicted octanol–water partition coefficient (Wildman–Crippen LogP) is 1.09. The highest BCUT2D eigenvalue weighted by Gasteiger charge is 2.24. The first-order valence-corrected chi connectivity index (χ1v) is 9.53.